The zero-order valence-corrected chi connectivity index (χ0v) is 12.7. The molecule has 1 fully saturated rings. The average molecular weight is 283 g/mol. The number of hydrogen-bond donors (Lipinski definition) is 0. The summed E-state index contributed by atoms with van der Waals surface area (Å²) in [6, 6.07) is 2.25. The van der Waals surface area contributed by atoms with Crippen molar-refractivity contribution in [2.75, 3.05) is 20.1 Å². The van der Waals surface area contributed by atoms with Gasteiger partial charge in [0, 0.05) is 56.1 Å². The molecule has 2 aromatic heterocycles. The maximum absolute atomic E-state index is 4.57. The van der Waals surface area contributed by atoms with Crippen molar-refractivity contribution in [2.45, 2.75) is 25.8 Å². The van der Waals surface area contributed by atoms with E-state index in [9.17, 15) is 0 Å². The molecule has 5 heteroatoms. The minimum Gasteiger partial charge on any atom is -0.354 e. The molecular weight excluding hydrogens is 262 g/mol. The van der Waals surface area contributed by atoms with Crippen LogP contribution in [-0.4, -0.2) is 44.4 Å². The fourth-order valence-electron chi connectivity index (χ4n) is 3.54. The highest BCUT2D eigenvalue weighted by Crippen LogP contribution is 2.35. The molecule has 2 aliphatic heterocycles. The molecule has 4 rings (SSSR count). The summed E-state index contributed by atoms with van der Waals surface area (Å²) in [6.07, 6.45) is 7.15. The number of nitrogens with zero attached hydrogens (tertiary/aromatic N) is 5. The molecule has 5 nitrogen and oxygen atoms in total. The minimum atomic E-state index is 0.914. The molecular formula is C16H21N5. The van der Waals surface area contributed by atoms with Crippen LogP contribution in [-0.2, 0) is 20.0 Å². The molecule has 0 radical (unpaired) electrons. The lowest BCUT2D eigenvalue weighted by molar-refractivity contribution is 0.313. The van der Waals surface area contributed by atoms with Crippen molar-refractivity contribution in [3.05, 3.63) is 41.2 Å². The molecule has 0 saturated carbocycles. The van der Waals surface area contributed by atoms with Crippen LogP contribution in [0, 0.1) is 0 Å². The van der Waals surface area contributed by atoms with E-state index in [2.05, 4.69) is 50.6 Å². The summed E-state index contributed by atoms with van der Waals surface area (Å²) in [5.41, 5.74) is 5.65. The van der Waals surface area contributed by atoms with Gasteiger partial charge in [0.1, 0.15) is 6.33 Å². The summed E-state index contributed by atoms with van der Waals surface area (Å²) < 4.78 is 4.32. The lowest BCUT2D eigenvalue weighted by Crippen LogP contribution is -2.27. The number of aromatic nitrogens is 4. The third kappa shape index (κ3) is 2.03. The van der Waals surface area contributed by atoms with Crippen LogP contribution in [0.2, 0.25) is 0 Å². The molecule has 0 amide bonds. The quantitative estimate of drug-likeness (QED) is 0.739. The van der Waals surface area contributed by atoms with Crippen molar-refractivity contribution in [3.8, 4) is 0 Å². The van der Waals surface area contributed by atoms with E-state index in [-0.39, 0.29) is 0 Å². The van der Waals surface area contributed by atoms with Gasteiger partial charge < -0.3 is 9.47 Å². The predicted molar refractivity (Wildman–Crippen MR) is 81.9 cm³/mol. The van der Waals surface area contributed by atoms with Gasteiger partial charge in [-0.1, -0.05) is 5.57 Å². The van der Waals surface area contributed by atoms with Crippen LogP contribution in [0.15, 0.2) is 24.2 Å². The second kappa shape index (κ2) is 4.84. The van der Waals surface area contributed by atoms with Crippen molar-refractivity contribution in [1.82, 2.24) is 24.2 Å². The molecule has 0 atom stereocenters. The van der Waals surface area contributed by atoms with Gasteiger partial charge >= 0.3 is 0 Å². The number of fused-ring (bicyclic) bond motifs is 2. The minimum absolute atomic E-state index is 0.914. The van der Waals surface area contributed by atoms with Crippen LogP contribution in [0.5, 0.6) is 0 Å². The zero-order valence-electron chi connectivity index (χ0n) is 12.7. The Bertz CT molecular complexity index is 696. The summed E-state index contributed by atoms with van der Waals surface area (Å²) in [7, 11) is 4.34. The van der Waals surface area contributed by atoms with Crippen LogP contribution in [0.25, 0.3) is 5.57 Å². The van der Waals surface area contributed by atoms with E-state index in [0.29, 0.717) is 0 Å². The SMILES string of the molecule is CN1CCC(=C2c3ccn(C)c3CCn3ncnc32)CC1. The highest BCUT2D eigenvalue weighted by atomic mass is 15.3. The normalized spacial score (nSPS) is 19.3. The molecule has 0 N–H and O–H groups in total. The molecule has 1 saturated heterocycles. The van der Waals surface area contributed by atoms with E-state index in [4.69, 9.17) is 0 Å². The van der Waals surface area contributed by atoms with Crippen LogP contribution >= 0.6 is 0 Å². The first-order valence-electron chi connectivity index (χ1n) is 7.67. The third-order valence-corrected chi connectivity index (χ3v) is 4.81. The van der Waals surface area contributed by atoms with Crippen molar-refractivity contribution in [3.63, 3.8) is 0 Å². The standard InChI is InChI=1S/C16H21N5/c1-19-7-3-12(4-8-19)15-13-5-9-20(2)14(13)6-10-21-16(15)17-11-18-21/h5,9,11H,3-4,6-8,10H2,1-2H3. The van der Waals surface area contributed by atoms with Crippen molar-refractivity contribution in [1.29, 1.82) is 0 Å². The molecule has 0 unspecified atom stereocenters. The van der Waals surface area contributed by atoms with E-state index >= 15 is 0 Å². The Morgan fingerprint density at radius 1 is 1.05 bits per heavy atom. The summed E-state index contributed by atoms with van der Waals surface area (Å²) >= 11 is 0. The molecule has 0 aromatic carbocycles. The van der Waals surface area contributed by atoms with E-state index in [1.807, 2.05) is 0 Å². The first-order valence-corrected chi connectivity index (χ1v) is 7.67. The zero-order chi connectivity index (χ0) is 14.4. The Balaban J connectivity index is 1.91. The fraction of sp³-hybridized carbons (Fsp3) is 0.500. The number of likely N-dealkylation sites (tertiary alicyclic amines) is 1. The van der Waals surface area contributed by atoms with Gasteiger partial charge in [0.15, 0.2) is 5.82 Å². The van der Waals surface area contributed by atoms with Crippen LogP contribution in [0.3, 0.4) is 0 Å². The van der Waals surface area contributed by atoms with Gasteiger partial charge in [-0.25, -0.2) is 9.67 Å². The maximum atomic E-state index is 4.57. The van der Waals surface area contributed by atoms with Gasteiger partial charge in [0.25, 0.3) is 0 Å². The van der Waals surface area contributed by atoms with Crippen LogP contribution in [0.1, 0.15) is 29.9 Å². The summed E-state index contributed by atoms with van der Waals surface area (Å²) in [4.78, 5) is 6.97. The molecule has 0 spiro atoms. The second-order valence-electron chi connectivity index (χ2n) is 6.13. The number of rotatable bonds is 0. The Morgan fingerprint density at radius 3 is 2.67 bits per heavy atom. The van der Waals surface area contributed by atoms with E-state index in [1.54, 1.807) is 6.33 Å². The van der Waals surface area contributed by atoms with Crippen molar-refractivity contribution >= 4 is 5.57 Å². The average Bonchev–Trinajstić information content (AvgIpc) is 3.04. The molecule has 110 valence electrons. The topological polar surface area (TPSA) is 38.9 Å². The molecule has 4 heterocycles. The highest BCUT2D eigenvalue weighted by Gasteiger charge is 2.26. The van der Waals surface area contributed by atoms with Gasteiger partial charge in [-0.15, -0.1) is 0 Å². The molecule has 21 heavy (non-hydrogen) atoms. The third-order valence-electron chi connectivity index (χ3n) is 4.81. The summed E-state index contributed by atoms with van der Waals surface area (Å²) in [5.74, 6) is 1.06. The molecule has 2 aliphatic rings. The van der Waals surface area contributed by atoms with Gasteiger partial charge in [-0.3, -0.25) is 0 Å². The lowest BCUT2D eigenvalue weighted by atomic mass is 9.92. The van der Waals surface area contributed by atoms with Crippen molar-refractivity contribution < 1.29 is 0 Å². The fourth-order valence-corrected chi connectivity index (χ4v) is 3.54. The van der Waals surface area contributed by atoms with Gasteiger partial charge in [-0.05, 0) is 26.0 Å². The molecule has 0 aliphatic carbocycles. The van der Waals surface area contributed by atoms with E-state index in [0.717, 1.165) is 44.7 Å². The summed E-state index contributed by atoms with van der Waals surface area (Å²) in [6.45, 7) is 3.18. The van der Waals surface area contributed by atoms with E-state index < -0.39 is 0 Å². The summed E-state index contributed by atoms with van der Waals surface area (Å²) in [5, 5.41) is 4.42. The second-order valence-corrected chi connectivity index (χ2v) is 6.13. The molecule has 2 aromatic rings. The highest BCUT2D eigenvalue weighted by molar-refractivity contribution is 5.81. The Kier molecular flexibility index (Phi) is 2.96. The van der Waals surface area contributed by atoms with Gasteiger partial charge in [0.05, 0.1) is 0 Å². The van der Waals surface area contributed by atoms with Crippen LogP contribution in [0.4, 0.5) is 0 Å². The van der Waals surface area contributed by atoms with Gasteiger partial charge in [-0.2, -0.15) is 5.10 Å². The first kappa shape index (κ1) is 12.8. The smallest absolute Gasteiger partial charge is 0.158 e. The van der Waals surface area contributed by atoms with Crippen molar-refractivity contribution in [2.24, 2.45) is 7.05 Å². The first-order chi connectivity index (χ1) is 10.2. The lowest BCUT2D eigenvalue weighted by Gasteiger charge is -2.26. The number of aryl methyl sites for hydroxylation is 2. The maximum Gasteiger partial charge on any atom is 0.158 e. The Morgan fingerprint density at radius 2 is 1.86 bits per heavy atom. The van der Waals surface area contributed by atoms with Crippen LogP contribution < -0.4 is 0 Å². The number of hydrogen-bond acceptors (Lipinski definition) is 3. The predicted octanol–water partition coefficient (Wildman–Crippen LogP) is 1.70. The Hall–Kier alpha value is -1.88. The van der Waals surface area contributed by atoms with Gasteiger partial charge in [0.2, 0.25) is 0 Å². The van der Waals surface area contributed by atoms with E-state index in [1.165, 1.54) is 22.4 Å². The molecule has 0 bridgehead atoms. The largest absolute Gasteiger partial charge is 0.354 e. The number of piperidine rings is 1. The monoisotopic (exact) mass is 283 g/mol. The Labute approximate surface area is 124 Å².